The van der Waals surface area contributed by atoms with Crippen molar-refractivity contribution in [1.82, 2.24) is 15.3 Å². The largest absolute Gasteiger partial charge is 0.351 e. The fourth-order valence-corrected chi connectivity index (χ4v) is 5.30. The average Bonchev–Trinajstić information content (AvgIpc) is 3.57. The first kappa shape index (κ1) is 21.3. The molecule has 1 fully saturated rings. The van der Waals surface area contributed by atoms with Crippen LogP contribution in [0.4, 0.5) is 5.69 Å². The molecule has 0 bridgehead atoms. The van der Waals surface area contributed by atoms with Crippen molar-refractivity contribution in [2.75, 3.05) is 4.90 Å². The number of nitrogens with one attached hydrogen (secondary N) is 1. The quantitative estimate of drug-likeness (QED) is 0.436. The van der Waals surface area contributed by atoms with Crippen LogP contribution in [0.1, 0.15) is 47.1 Å². The molecule has 6 nitrogen and oxygen atoms in total. The van der Waals surface area contributed by atoms with Gasteiger partial charge in [0.05, 0.1) is 11.9 Å². The summed E-state index contributed by atoms with van der Waals surface area (Å²) in [6, 6.07) is 16.8. The van der Waals surface area contributed by atoms with Crippen molar-refractivity contribution in [3.63, 3.8) is 0 Å². The predicted molar refractivity (Wildman–Crippen MR) is 130 cm³/mol. The third-order valence-electron chi connectivity index (χ3n) is 6.05. The average molecular weight is 457 g/mol. The van der Waals surface area contributed by atoms with Crippen molar-refractivity contribution >= 4 is 39.6 Å². The van der Waals surface area contributed by atoms with Gasteiger partial charge in [-0.05, 0) is 35.7 Å². The molecular weight excluding hydrogens is 432 g/mol. The monoisotopic (exact) mass is 456 g/mol. The van der Waals surface area contributed by atoms with E-state index in [1.807, 2.05) is 60.0 Å². The summed E-state index contributed by atoms with van der Waals surface area (Å²) >= 11 is 1.47. The van der Waals surface area contributed by atoms with Gasteiger partial charge in [-0.1, -0.05) is 55.3 Å². The lowest BCUT2D eigenvalue weighted by molar-refractivity contribution is -0.123. The van der Waals surface area contributed by atoms with Gasteiger partial charge < -0.3 is 5.32 Å². The highest BCUT2D eigenvalue weighted by atomic mass is 32.1. The number of aromatic nitrogens is 2. The SMILES string of the molecule is O=C(NC1CCCC1)C(c1cccs1)N(C(=O)c1cnccn1)c1cccc2ccccc12. The number of carbonyl (C=O) groups is 2. The summed E-state index contributed by atoms with van der Waals surface area (Å²) in [6.45, 7) is 0. The van der Waals surface area contributed by atoms with E-state index >= 15 is 0 Å². The van der Waals surface area contributed by atoms with Crippen LogP contribution in [0.5, 0.6) is 0 Å². The van der Waals surface area contributed by atoms with Crippen molar-refractivity contribution < 1.29 is 9.59 Å². The van der Waals surface area contributed by atoms with Crippen molar-refractivity contribution in [2.45, 2.75) is 37.8 Å². The third-order valence-corrected chi connectivity index (χ3v) is 6.97. The standard InChI is InChI=1S/C26H24N4O2S/c31-25(29-19-9-2-3-10-19)24(23-13-6-16-33-23)30(26(32)21-17-27-14-15-28-21)22-12-5-8-18-7-1-4-11-20(18)22/h1,4-8,11-17,19,24H,2-3,9-10H2,(H,29,31). The maximum absolute atomic E-state index is 13.9. The smallest absolute Gasteiger partial charge is 0.279 e. The number of nitrogens with zero attached hydrogens (tertiary/aromatic N) is 3. The molecule has 1 aliphatic rings. The Balaban J connectivity index is 1.66. The van der Waals surface area contributed by atoms with Gasteiger partial charge in [0.15, 0.2) is 6.04 Å². The number of amides is 2. The lowest BCUT2D eigenvalue weighted by Crippen LogP contribution is -2.46. The van der Waals surface area contributed by atoms with Crippen LogP contribution < -0.4 is 10.2 Å². The highest BCUT2D eigenvalue weighted by Gasteiger charge is 2.36. The van der Waals surface area contributed by atoms with E-state index in [2.05, 4.69) is 15.3 Å². The van der Waals surface area contributed by atoms with Gasteiger partial charge in [0.25, 0.3) is 5.91 Å². The maximum Gasteiger partial charge on any atom is 0.279 e. The van der Waals surface area contributed by atoms with Gasteiger partial charge in [-0.15, -0.1) is 11.3 Å². The Bertz CT molecular complexity index is 1250. The number of anilines is 1. The molecule has 0 radical (unpaired) electrons. The molecule has 0 spiro atoms. The van der Waals surface area contributed by atoms with Crippen LogP contribution in [0.2, 0.25) is 0 Å². The molecule has 2 amide bonds. The van der Waals surface area contributed by atoms with Gasteiger partial charge in [-0.25, -0.2) is 4.98 Å². The van der Waals surface area contributed by atoms with E-state index in [0.29, 0.717) is 5.69 Å². The topological polar surface area (TPSA) is 75.2 Å². The van der Waals surface area contributed by atoms with Gasteiger partial charge in [-0.3, -0.25) is 19.5 Å². The Morgan fingerprint density at radius 3 is 2.58 bits per heavy atom. The minimum absolute atomic E-state index is 0.140. The summed E-state index contributed by atoms with van der Waals surface area (Å²) in [6.07, 6.45) is 8.63. The number of thiophene rings is 1. The molecule has 5 rings (SSSR count). The van der Waals surface area contributed by atoms with E-state index in [0.717, 1.165) is 41.3 Å². The number of rotatable bonds is 6. The molecule has 4 aromatic rings. The summed E-state index contributed by atoms with van der Waals surface area (Å²) in [5.74, 6) is -0.533. The van der Waals surface area contributed by atoms with Crippen molar-refractivity contribution in [2.24, 2.45) is 0 Å². The van der Waals surface area contributed by atoms with E-state index in [9.17, 15) is 9.59 Å². The molecule has 1 saturated carbocycles. The summed E-state index contributed by atoms with van der Waals surface area (Å²) in [7, 11) is 0. The molecule has 2 heterocycles. The lowest BCUT2D eigenvalue weighted by atomic mass is 10.0. The van der Waals surface area contributed by atoms with Crippen molar-refractivity contribution in [1.29, 1.82) is 0 Å². The van der Waals surface area contributed by atoms with Crippen LogP contribution in [0, 0.1) is 0 Å². The molecule has 166 valence electrons. The normalized spacial score (nSPS) is 14.8. The summed E-state index contributed by atoms with van der Waals surface area (Å²) < 4.78 is 0. The van der Waals surface area contributed by atoms with E-state index in [1.165, 1.54) is 29.9 Å². The molecule has 1 N–H and O–H groups in total. The zero-order chi connectivity index (χ0) is 22.6. The molecule has 2 aromatic carbocycles. The van der Waals surface area contributed by atoms with Crippen LogP contribution in [0.15, 0.2) is 78.6 Å². The zero-order valence-electron chi connectivity index (χ0n) is 18.1. The molecule has 0 aliphatic heterocycles. The Labute approximate surface area is 196 Å². The molecule has 33 heavy (non-hydrogen) atoms. The van der Waals surface area contributed by atoms with Crippen LogP contribution in [0.3, 0.4) is 0 Å². The number of carbonyl (C=O) groups excluding carboxylic acids is 2. The van der Waals surface area contributed by atoms with Crippen molar-refractivity contribution in [3.05, 3.63) is 89.1 Å². The predicted octanol–water partition coefficient (Wildman–Crippen LogP) is 5.14. The molecule has 2 aromatic heterocycles. The first-order chi connectivity index (χ1) is 16.2. The Kier molecular flexibility index (Phi) is 6.13. The van der Waals surface area contributed by atoms with Crippen LogP contribution >= 0.6 is 11.3 Å². The zero-order valence-corrected chi connectivity index (χ0v) is 18.9. The van der Waals surface area contributed by atoms with E-state index < -0.39 is 6.04 Å². The molecular formula is C26H24N4O2S. The van der Waals surface area contributed by atoms with E-state index in [1.54, 1.807) is 4.90 Å². The highest BCUT2D eigenvalue weighted by molar-refractivity contribution is 7.10. The molecule has 7 heteroatoms. The van der Waals surface area contributed by atoms with Crippen molar-refractivity contribution in [3.8, 4) is 0 Å². The van der Waals surface area contributed by atoms with E-state index in [-0.39, 0.29) is 23.6 Å². The van der Waals surface area contributed by atoms with Gasteiger partial charge in [0, 0.05) is 28.7 Å². The van der Waals surface area contributed by atoms with Gasteiger partial charge >= 0.3 is 0 Å². The number of benzene rings is 2. The maximum atomic E-state index is 13.9. The summed E-state index contributed by atoms with van der Waals surface area (Å²) in [4.78, 5) is 38.4. The first-order valence-corrected chi connectivity index (χ1v) is 12.0. The van der Waals surface area contributed by atoms with Crippen LogP contribution in [0.25, 0.3) is 10.8 Å². The summed E-state index contributed by atoms with van der Waals surface area (Å²) in [5.41, 5.74) is 0.865. The Morgan fingerprint density at radius 2 is 1.82 bits per heavy atom. The van der Waals surface area contributed by atoms with Gasteiger partial charge in [0.1, 0.15) is 5.69 Å². The molecule has 0 saturated heterocycles. The third kappa shape index (κ3) is 4.36. The second-order valence-electron chi connectivity index (χ2n) is 8.17. The van der Waals surface area contributed by atoms with Gasteiger partial charge in [0.2, 0.25) is 5.91 Å². The number of hydrogen-bond acceptors (Lipinski definition) is 5. The summed E-state index contributed by atoms with van der Waals surface area (Å²) in [5, 5.41) is 7.03. The molecule has 1 atom stereocenters. The Morgan fingerprint density at radius 1 is 1.00 bits per heavy atom. The highest BCUT2D eigenvalue weighted by Crippen LogP contribution is 2.36. The van der Waals surface area contributed by atoms with Gasteiger partial charge in [-0.2, -0.15) is 0 Å². The first-order valence-electron chi connectivity index (χ1n) is 11.1. The van der Waals surface area contributed by atoms with E-state index in [4.69, 9.17) is 0 Å². The second-order valence-corrected chi connectivity index (χ2v) is 9.15. The minimum atomic E-state index is -0.814. The Hall–Kier alpha value is -3.58. The second kappa shape index (κ2) is 9.50. The van der Waals surface area contributed by atoms with Crippen LogP contribution in [-0.4, -0.2) is 27.8 Å². The minimum Gasteiger partial charge on any atom is -0.351 e. The number of hydrogen-bond donors (Lipinski definition) is 1. The molecule has 1 unspecified atom stereocenters. The lowest BCUT2D eigenvalue weighted by Gasteiger charge is -2.32. The fraction of sp³-hybridized carbons (Fsp3) is 0.231. The van der Waals surface area contributed by atoms with Crippen LogP contribution in [-0.2, 0) is 4.79 Å². The number of fused-ring (bicyclic) bond motifs is 1. The molecule has 1 aliphatic carbocycles. The fourth-order valence-electron chi connectivity index (χ4n) is 4.49.